The monoisotopic (exact) mass is 392 g/mol. The van der Waals surface area contributed by atoms with Crippen molar-refractivity contribution in [3.05, 3.63) is 71.3 Å². The van der Waals surface area contributed by atoms with Gasteiger partial charge in [-0.05, 0) is 73.7 Å². The Labute approximate surface area is 176 Å². The number of nitrogens with zero attached hydrogens (tertiary/aromatic N) is 2. The van der Waals surface area contributed by atoms with Crippen LogP contribution in [0.3, 0.4) is 0 Å². The zero-order valence-corrected chi connectivity index (χ0v) is 17.7. The van der Waals surface area contributed by atoms with Gasteiger partial charge in [0.1, 0.15) is 0 Å². The van der Waals surface area contributed by atoms with Gasteiger partial charge in [0.15, 0.2) is 0 Å². The molecule has 156 valence electrons. The van der Waals surface area contributed by atoms with Gasteiger partial charge in [0.05, 0.1) is 0 Å². The SMILES string of the molecule is OCCCN(Cc1ccccc1)C[C@H]1C[C@H](c2ccc(CN3CCCC3)cc2)C1. The van der Waals surface area contributed by atoms with Crippen LogP contribution < -0.4 is 0 Å². The number of likely N-dealkylation sites (tertiary alicyclic amines) is 1. The summed E-state index contributed by atoms with van der Waals surface area (Å²) in [4.78, 5) is 5.10. The van der Waals surface area contributed by atoms with E-state index in [1.807, 2.05) is 0 Å². The fraction of sp³-hybridized carbons (Fsp3) is 0.538. The number of hydrogen-bond donors (Lipinski definition) is 1. The molecule has 1 saturated carbocycles. The summed E-state index contributed by atoms with van der Waals surface area (Å²) in [6.45, 7) is 7.06. The van der Waals surface area contributed by atoms with Crippen LogP contribution in [0.25, 0.3) is 0 Å². The summed E-state index contributed by atoms with van der Waals surface area (Å²) >= 11 is 0. The first-order valence-electron chi connectivity index (χ1n) is 11.5. The molecule has 1 saturated heterocycles. The molecule has 3 nitrogen and oxygen atoms in total. The third-order valence-corrected chi connectivity index (χ3v) is 6.69. The molecule has 0 atom stereocenters. The number of rotatable bonds is 10. The van der Waals surface area contributed by atoms with Gasteiger partial charge in [-0.15, -0.1) is 0 Å². The Bertz CT molecular complexity index is 718. The normalized spacial score (nSPS) is 22.1. The summed E-state index contributed by atoms with van der Waals surface area (Å²) in [6.07, 6.45) is 6.19. The molecule has 2 fully saturated rings. The fourth-order valence-electron chi connectivity index (χ4n) is 4.99. The van der Waals surface area contributed by atoms with Crippen molar-refractivity contribution in [2.75, 3.05) is 32.8 Å². The Morgan fingerprint density at radius 3 is 2.31 bits per heavy atom. The molecule has 1 heterocycles. The van der Waals surface area contributed by atoms with E-state index in [0.29, 0.717) is 0 Å². The van der Waals surface area contributed by atoms with E-state index >= 15 is 0 Å². The topological polar surface area (TPSA) is 26.7 Å². The maximum absolute atomic E-state index is 9.26. The molecular formula is C26H36N2O. The van der Waals surface area contributed by atoms with Gasteiger partial charge in [0, 0.05) is 32.8 Å². The lowest BCUT2D eigenvalue weighted by atomic mass is 9.71. The lowest BCUT2D eigenvalue weighted by Gasteiger charge is -2.39. The first-order valence-corrected chi connectivity index (χ1v) is 11.5. The van der Waals surface area contributed by atoms with Gasteiger partial charge in [-0.25, -0.2) is 0 Å². The molecule has 2 aromatic rings. The highest BCUT2D eigenvalue weighted by Gasteiger charge is 2.31. The zero-order valence-electron chi connectivity index (χ0n) is 17.7. The van der Waals surface area contributed by atoms with Crippen molar-refractivity contribution in [1.29, 1.82) is 0 Å². The van der Waals surface area contributed by atoms with Crippen LogP contribution >= 0.6 is 0 Å². The first-order chi connectivity index (χ1) is 14.3. The summed E-state index contributed by atoms with van der Waals surface area (Å²) in [6, 6.07) is 20.2. The molecular weight excluding hydrogens is 356 g/mol. The summed E-state index contributed by atoms with van der Waals surface area (Å²) in [5, 5.41) is 9.26. The van der Waals surface area contributed by atoms with Crippen LogP contribution in [-0.4, -0.2) is 47.7 Å². The van der Waals surface area contributed by atoms with E-state index in [1.165, 1.54) is 55.5 Å². The van der Waals surface area contributed by atoms with E-state index < -0.39 is 0 Å². The molecule has 3 heteroatoms. The third-order valence-electron chi connectivity index (χ3n) is 6.69. The van der Waals surface area contributed by atoms with Crippen LogP contribution in [0.1, 0.15) is 54.7 Å². The molecule has 1 N–H and O–H groups in total. The Morgan fingerprint density at radius 2 is 1.62 bits per heavy atom. The molecule has 2 aromatic carbocycles. The van der Waals surface area contributed by atoms with Gasteiger partial charge in [0.2, 0.25) is 0 Å². The van der Waals surface area contributed by atoms with Crippen molar-refractivity contribution in [1.82, 2.24) is 9.80 Å². The van der Waals surface area contributed by atoms with Crippen molar-refractivity contribution in [3.8, 4) is 0 Å². The molecule has 0 bridgehead atoms. The van der Waals surface area contributed by atoms with E-state index in [9.17, 15) is 5.11 Å². The van der Waals surface area contributed by atoms with Gasteiger partial charge in [0.25, 0.3) is 0 Å². The maximum atomic E-state index is 9.26. The lowest BCUT2D eigenvalue weighted by Crippen LogP contribution is -2.36. The van der Waals surface area contributed by atoms with Gasteiger partial charge in [-0.3, -0.25) is 9.80 Å². The molecule has 4 rings (SSSR count). The van der Waals surface area contributed by atoms with Gasteiger partial charge in [-0.1, -0.05) is 54.6 Å². The van der Waals surface area contributed by atoms with Crippen molar-refractivity contribution >= 4 is 0 Å². The van der Waals surface area contributed by atoms with Crippen molar-refractivity contribution < 1.29 is 5.11 Å². The highest BCUT2D eigenvalue weighted by atomic mass is 16.3. The molecule has 0 amide bonds. The second-order valence-corrected chi connectivity index (χ2v) is 9.06. The zero-order chi connectivity index (χ0) is 19.9. The minimum Gasteiger partial charge on any atom is -0.396 e. The number of aliphatic hydroxyl groups excluding tert-OH is 1. The largest absolute Gasteiger partial charge is 0.396 e. The third kappa shape index (κ3) is 5.91. The van der Waals surface area contributed by atoms with Crippen LogP contribution in [0.4, 0.5) is 0 Å². The van der Waals surface area contributed by atoms with E-state index in [-0.39, 0.29) is 6.61 Å². The van der Waals surface area contributed by atoms with Gasteiger partial charge in [-0.2, -0.15) is 0 Å². The standard InChI is InChI=1S/C26H36N2O/c29-16-6-15-28(20-22-7-2-1-3-8-22)21-24-17-26(18-24)25-11-9-23(10-12-25)19-27-13-4-5-14-27/h1-3,7-12,24,26,29H,4-6,13-21H2/t24-,26-. The van der Waals surface area contributed by atoms with Crippen molar-refractivity contribution in [3.63, 3.8) is 0 Å². The van der Waals surface area contributed by atoms with Crippen LogP contribution in [0.15, 0.2) is 54.6 Å². The average Bonchev–Trinajstić information content (AvgIpc) is 3.23. The predicted molar refractivity (Wildman–Crippen MR) is 120 cm³/mol. The van der Waals surface area contributed by atoms with Crippen LogP contribution in [0.2, 0.25) is 0 Å². The van der Waals surface area contributed by atoms with Gasteiger partial charge < -0.3 is 5.11 Å². The van der Waals surface area contributed by atoms with Crippen LogP contribution in [0.5, 0.6) is 0 Å². The van der Waals surface area contributed by atoms with E-state index in [4.69, 9.17) is 0 Å². The number of benzene rings is 2. The summed E-state index contributed by atoms with van der Waals surface area (Å²) in [5.41, 5.74) is 4.36. The molecule has 0 spiro atoms. The average molecular weight is 393 g/mol. The lowest BCUT2D eigenvalue weighted by molar-refractivity contribution is 0.143. The summed E-state index contributed by atoms with van der Waals surface area (Å²) < 4.78 is 0. The molecule has 1 aliphatic carbocycles. The van der Waals surface area contributed by atoms with E-state index in [2.05, 4.69) is 64.4 Å². The molecule has 29 heavy (non-hydrogen) atoms. The second kappa shape index (κ2) is 10.4. The smallest absolute Gasteiger partial charge is 0.0443 e. The van der Waals surface area contributed by atoms with Gasteiger partial charge >= 0.3 is 0 Å². The Hall–Kier alpha value is -1.68. The maximum Gasteiger partial charge on any atom is 0.0443 e. The molecule has 0 radical (unpaired) electrons. The Balaban J connectivity index is 1.25. The second-order valence-electron chi connectivity index (χ2n) is 9.06. The van der Waals surface area contributed by atoms with Crippen LogP contribution in [-0.2, 0) is 13.1 Å². The molecule has 0 aromatic heterocycles. The predicted octanol–water partition coefficient (Wildman–Crippen LogP) is 4.66. The van der Waals surface area contributed by atoms with Crippen molar-refractivity contribution in [2.24, 2.45) is 5.92 Å². The molecule has 0 unspecified atom stereocenters. The Kier molecular flexibility index (Phi) is 7.37. The number of hydrogen-bond acceptors (Lipinski definition) is 3. The summed E-state index contributed by atoms with van der Waals surface area (Å²) in [5.74, 6) is 1.52. The van der Waals surface area contributed by atoms with E-state index in [0.717, 1.165) is 44.4 Å². The minimum atomic E-state index is 0.280. The Morgan fingerprint density at radius 1 is 0.897 bits per heavy atom. The first kappa shape index (κ1) is 20.6. The highest BCUT2D eigenvalue weighted by Crippen LogP contribution is 2.42. The van der Waals surface area contributed by atoms with E-state index in [1.54, 1.807) is 0 Å². The molecule has 1 aliphatic heterocycles. The van der Waals surface area contributed by atoms with Crippen molar-refractivity contribution in [2.45, 2.75) is 51.1 Å². The minimum absolute atomic E-state index is 0.280. The quantitative estimate of drug-likeness (QED) is 0.637. The van der Waals surface area contributed by atoms with Crippen LogP contribution in [0, 0.1) is 5.92 Å². The fourth-order valence-corrected chi connectivity index (χ4v) is 4.99. The molecule has 2 aliphatic rings. The highest BCUT2D eigenvalue weighted by molar-refractivity contribution is 5.27. The number of aliphatic hydroxyl groups is 1. The summed E-state index contributed by atoms with van der Waals surface area (Å²) in [7, 11) is 0.